The fourth-order valence-corrected chi connectivity index (χ4v) is 4.88. The van der Waals surface area contributed by atoms with E-state index in [0.717, 1.165) is 10.3 Å². The molecule has 1 N–H and O–H groups in total. The Hall–Kier alpha value is -3.62. The smallest absolute Gasteiger partial charge is 0.301 e. The number of aromatic nitrogens is 3. The molecular formula is C23H15ClN4O3S. The summed E-state index contributed by atoms with van der Waals surface area (Å²) in [5.41, 5.74) is 2.28. The Morgan fingerprint density at radius 2 is 1.91 bits per heavy atom. The molecular weight excluding hydrogens is 448 g/mol. The second kappa shape index (κ2) is 7.81. The summed E-state index contributed by atoms with van der Waals surface area (Å²) >= 11 is 7.51. The van der Waals surface area contributed by atoms with Crippen LogP contribution in [0.3, 0.4) is 0 Å². The Labute approximate surface area is 191 Å². The van der Waals surface area contributed by atoms with Crippen molar-refractivity contribution in [3.05, 3.63) is 88.5 Å². The van der Waals surface area contributed by atoms with Gasteiger partial charge in [-0.05, 0) is 48.9 Å². The highest BCUT2D eigenvalue weighted by Gasteiger charge is 2.48. The minimum absolute atomic E-state index is 0.0478. The number of halogens is 1. The highest BCUT2D eigenvalue weighted by atomic mass is 35.5. The molecule has 158 valence electrons. The molecule has 4 aromatic rings. The lowest BCUT2D eigenvalue weighted by molar-refractivity contribution is -0.132. The number of ketones is 1. The molecule has 0 aliphatic carbocycles. The normalized spacial score (nSPS) is 17.9. The Morgan fingerprint density at radius 3 is 2.62 bits per heavy atom. The van der Waals surface area contributed by atoms with Crippen LogP contribution in [0.4, 0.5) is 5.13 Å². The molecule has 0 saturated carbocycles. The summed E-state index contributed by atoms with van der Waals surface area (Å²) in [6.07, 6.45) is 4.57. The van der Waals surface area contributed by atoms with Gasteiger partial charge in [-0.3, -0.25) is 24.5 Å². The monoisotopic (exact) mass is 462 g/mol. The van der Waals surface area contributed by atoms with Crippen LogP contribution in [-0.2, 0) is 9.59 Å². The topological polar surface area (TPSA) is 96.3 Å². The zero-order valence-electron chi connectivity index (χ0n) is 16.7. The van der Waals surface area contributed by atoms with Gasteiger partial charge in [0.2, 0.25) is 0 Å². The summed E-state index contributed by atoms with van der Waals surface area (Å²) in [7, 11) is 0. The number of aliphatic hydroxyl groups excluding tert-OH is 1. The summed E-state index contributed by atoms with van der Waals surface area (Å²) in [5, 5.41) is 11.9. The first-order valence-corrected chi connectivity index (χ1v) is 10.8. The van der Waals surface area contributed by atoms with Crippen molar-refractivity contribution in [3.8, 4) is 0 Å². The van der Waals surface area contributed by atoms with Crippen LogP contribution in [-0.4, -0.2) is 31.7 Å². The van der Waals surface area contributed by atoms with Crippen LogP contribution in [0.5, 0.6) is 0 Å². The van der Waals surface area contributed by atoms with Crippen molar-refractivity contribution in [2.24, 2.45) is 0 Å². The number of amides is 1. The molecule has 1 unspecified atom stereocenters. The Kier molecular flexibility index (Phi) is 4.96. The van der Waals surface area contributed by atoms with Gasteiger partial charge >= 0.3 is 5.91 Å². The lowest BCUT2D eigenvalue weighted by atomic mass is 9.99. The summed E-state index contributed by atoms with van der Waals surface area (Å²) in [6, 6.07) is 11.0. The third kappa shape index (κ3) is 3.24. The Balaban J connectivity index is 1.73. The van der Waals surface area contributed by atoms with Gasteiger partial charge in [0.25, 0.3) is 5.78 Å². The highest BCUT2D eigenvalue weighted by Crippen LogP contribution is 2.44. The number of thiazole rings is 1. The third-order valence-corrected chi connectivity index (χ3v) is 6.65. The number of hydrogen-bond donors (Lipinski definition) is 1. The Bertz CT molecular complexity index is 1360. The largest absolute Gasteiger partial charge is 0.507 e. The van der Waals surface area contributed by atoms with E-state index in [1.54, 1.807) is 42.6 Å². The molecule has 32 heavy (non-hydrogen) atoms. The maximum atomic E-state index is 13.2. The van der Waals surface area contributed by atoms with Gasteiger partial charge in [0.1, 0.15) is 11.8 Å². The van der Waals surface area contributed by atoms with Gasteiger partial charge in [-0.25, -0.2) is 4.98 Å². The predicted octanol–water partition coefficient (Wildman–Crippen LogP) is 4.67. The van der Waals surface area contributed by atoms with Crippen LogP contribution >= 0.6 is 22.9 Å². The number of aryl methyl sites for hydroxylation is 1. The van der Waals surface area contributed by atoms with Crippen LogP contribution in [0, 0.1) is 6.92 Å². The van der Waals surface area contributed by atoms with Gasteiger partial charge in [0, 0.05) is 29.2 Å². The van der Waals surface area contributed by atoms with E-state index >= 15 is 0 Å². The Morgan fingerprint density at radius 1 is 1.12 bits per heavy atom. The number of pyridine rings is 2. The van der Waals surface area contributed by atoms with Gasteiger partial charge in [0.05, 0.1) is 21.5 Å². The number of hydrogen-bond acceptors (Lipinski definition) is 7. The molecule has 1 saturated heterocycles. The standard InChI is InChI=1S/C23H15ClN4O3S/c1-12-10-17-16(11-14(12)24)27-23(32-17)28-19(15-4-2-3-7-26-15)18(21(30)22(28)31)20(29)13-5-8-25-9-6-13/h2-11,19,29H,1H3/b20-18+. The van der Waals surface area contributed by atoms with Crippen LogP contribution < -0.4 is 4.90 Å². The molecule has 1 atom stereocenters. The molecule has 0 radical (unpaired) electrons. The predicted molar refractivity (Wildman–Crippen MR) is 123 cm³/mol. The zero-order chi connectivity index (χ0) is 22.4. The number of carbonyl (C=O) groups excluding carboxylic acids is 2. The number of benzene rings is 1. The lowest BCUT2D eigenvalue weighted by Crippen LogP contribution is -2.29. The first-order valence-electron chi connectivity index (χ1n) is 9.64. The average Bonchev–Trinajstić information content (AvgIpc) is 3.32. The molecule has 9 heteroatoms. The summed E-state index contributed by atoms with van der Waals surface area (Å²) in [4.78, 5) is 40.5. The molecule has 1 amide bonds. The van der Waals surface area contributed by atoms with Gasteiger partial charge in [0.15, 0.2) is 5.13 Å². The highest BCUT2D eigenvalue weighted by molar-refractivity contribution is 7.22. The summed E-state index contributed by atoms with van der Waals surface area (Å²) in [5.74, 6) is -1.87. The zero-order valence-corrected chi connectivity index (χ0v) is 18.3. The van der Waals surface area contributed by atoms with Crippen molar-refractivity contribution >= 4 is 55.7 Å². The molecule has 1 aromatic carbocycles. The van der Waals surface area contributed by atoms with Crippen LogP contribution in [0.1, 0.15) is 22.9 Å². The summed E-state index contributed by atoms with van der Waals surface area (Å²) < 4.78 is 0.831. The minimum Gasteiger partial charge on any atom is -0.507 e. The average molecular weight is 463 g/mol. The van der Waals surface area contributed by atoms with E-state index in [1.807, 2.05) is 13.0 Å². The van der Waals surface area contributed by atoms with Crippen LogP contribution in [0.2, 0.25) is 5.02 Å². The van der Waals surface area contributed by atoms with Crippen LogP contribution in [0.25, 0.3) is 16.0 Å². The van der Waals surface area contributed by atoms with Crippen molar-refractivity contribution in [2.75, 3.05) is 4.90 Å². The second-order valence-corrected chi connectivity index (χ2v) is 8.64. The molecule has 1 fully saturated rings. The third-order valence-electron chi connectivity index (χ3n) is 5.23. The van der Waals surface area contributed by atoms with E-state index in [2.05, 4.69) is 15.0 Å². The second-order valence-electron chi connectivity index (χ2n) is 7.23. The fraction of sp³-hybridized carbons (Fsp3) is 0.0870. The number of anilines is 1. The van der Waals surface area contributed by atoms with E-state index in [4.69, 9.17) is 11.6 Å². The molecule has 3 aromatic heterocycles. The van der Waals surface area contributed by atoms with Crippen molar-refractivity contribution in [2.45, 2.75) is 13.0 Å². The first-order chi connectivity index (χ1) is 15.5. The number of rotatable bonds is 3. The molecule has 5 rings (SSSR count). The van der Waals surface area contributed by atoms with Gasteiger partial charge in [-0.2, -0.15) is 0 Å². The number of fused-ring (bicyclic) bond motifs is 1. The van der Waals surface area contributed by atoms with E-state index < -0.39 is 17.7 Å². The molecule has 4 heterocycles. The number of carbonyl (C=O) groups is 2. The minimum atomic E-state index is -0.929. The SMILES string of the molecule is Cc1cc2sc(N3C(=O)C(=O)/C(=C(/O)c4ccncc4)C3c3ccccn3)nc2cc1Cl. The van der Waals surface area contributed by atoms with Gasteiger partial charge < -0.3 is 5.11 Å². The van der Waals surface area contributed by atoms with Crippen molar-refractivity contribution in [1.82, 2.24) is 15.0 Å². The summed E-state index contributed by atoms with van der Waals surface area (Å²) in [6.45, 7) is 1.88. The quantitative estimate of drug-likeness (QED) is 0.270. The van der Waals surface area contributed by atoms with Crippen molar-refractivity contribution in [1.29, 1.82) is 0 Å². The van der Waals surface area contributed by atoms with Crippen LogP contribution in [0.15, 0.2) is 66.6 Å². The van der Waals surface area contributed by atoms with E-state index in [1.165, 1.54) is 28.6 Å². The number of Topliss-reactive ketones (excluding diaryl/α,β-unsaturated/α-hetero) is 1. The number of aliphatic hydroxyl groups is 1. The first kappa shape index (κ1) is 20.3. The lowest BCUT2D eigenvalue weighted by Gasteiger charge is -2.21. The van der Waals surface area contributed by atoms with E-state index in [9.17, 15) is 14.7 Å². The van der Waals surface area contributed by atoms with Crippen molar-refractivity contribution in [3.63, 3.8) is 0 Å². The fourth-order valence-electron chi connectivity index (χ4n) is 3.65. The van der Waals surface area contributed by atoms with Gasteiger partial charge in [-0.15, -0.1) is 0 Å². The van der Waals surface area contributed by atoms with E-state index in [0.29, 0.717) is 26.9 Å². The van der Waals surface area contributed by atoms with E-state index in [-0.39, 0.29) is 11.3 Å². The molecule has 7 nitrogen and oxygen atoms in total. The number of nitrogens with zero attached hydrogens (tertiary/aromatic N) is 4. The maximum absolute atomic E-state index is 13.2. The maximum Gasteiger partial charge on any atom is 0.301 e. The molecule has 1 aliphatic rings. The van der Waals surface area contributed by atoms with Gasteiger partial charge in [-0.1, -0.05) is 29.0 Å². The van der Waals surface area contributed by atoms with Crippen molar-refractivity contribution < 1.29 is 14.7 Å². The molecule has 0 spiro atoms. The molecule has 0 bridgehead atoms. The molecule has 1 aliphatic heterocycles.